The molecule has 0 unspecified atom stereocenters. The van der Waals surface area contributed by atoms with Crippen molar-refractivity contribution in [3.05, 3.63) is 60.7 Å². The maximum absolute atomic E-state index is 13.2. The third-order valence-electron chi connectivity index (χ3n) is 5.27. The Hall–Kier alpha value is -3.17. The van der Waals surface area contributed by atoms with Crippen molar-refractivity contribution in [1.82, 2.24) is 14.5 Å². The van der Waals surface area contributed by atoms with Crippen LogP contribution in [0.25, 0.3) is 11.3 Å². The topological polar surface area (TPSA) is 84.9 Å². The maximum Gasteiger partial charge on any atom is 0.247 e. The molecule has 162 valence electrons. The van der Waals surface area contributed by atoms with E-state index in [2.05, 4.69) is 10.2 Å². The van der Waals surface area contributed by atoms with Crippen LogP contribution in [0.1, 0.15) is 0 Å². The molecule has 1 aromatic heterocycles. The van der Waals surface area contributed by atoms with E-state index in [0.29, 0.717) is 37.7 Å². The van der Waals surface area contributed by atoms with E-state index in [1.54, 1.807) is 12.1 Å². The predicted molar refractivity (Wildman–Crippen MR) is 118 cm³/mol. The smallest absolute Gasteiger partial charge is 0.247 e. The second kappa shape index (κ2) is 8.91. The average molecular weight is 441 g/mol. The van der Waals surface area contributed by atoms with Crippen LogP contribution in [-0.2, 0) is 10.0 Å². The molecule has 0 radical (unpaired) electrons. The van der Waals surface area contributed by atoms with Gasteiger partial charge >= 0.3 is 0 Å². The fourth-order valence-electron chi connectivity index (χ4n) is 3.54. The Morgan fingerprint density at radius 3 is 2.19 bits per heavy atom. The zero-order valence-electron chi connectivity index (χ0n) is 17.4. The van der Waals surface area contributed by atoms with Gasteiger partial charge in [-0.05, 0) is 24.3 Å². The van der Waals surface area contributed by atoms with E-state index in [4.69, 9.17) is 9.47 Å². The van der Waals surface area contributed by atoms with Crippen LogP contribution in [0.2, 0.25) is 0 Å². The summed E-state index contributed by atoms with van der Waals surface area (Å²) in [6.45, 7) is 1.71. The fraction of sp³-hybridized carbons (Fsp3) is 0.273. The van der Waals surface area contributed by atoms with E-state index < -0.39 is 10.0 Å². The van der Waals surface area contributed by atoms with E-state index in [1.807, 2.05) is 47.4 Å². The molecule has 31 heavy (non-hydrogen) atoms. The van der Waals surface area contributed by atoms with Crippen molar-refractivity contribution in [3.63, 3.8) is 0 Å². The molecule has 8 nitrogen and oxygen atoms in total. The van der Waals surface area contributed by atoms with Gasteiger partial charge in [-0.2, -0.15) is 4.31 Å². The van der Waals surface area contributed by atoms with Crippen molar-refractivity contribution >= 4 is 15.8 Å². The largest absolute Gasteiger partial charge is 0.497 e. The van der Waals surface area contributed by atoms with Crippen LogP contribution in [0, 0.1) is 0 Å². The summed E-state index contributed by atoms with van der Waals surface area (Å²) in [5.41, 5.74) is 1.81. The van der Waals surface area contributed by atoms with Crippen LogP contribution in [0.3, 0.4) is 0 Å². The minimum atomic E-state index is -3.72. The number of ether oxygens (including phenoxy) is 2. The predicted octanol–water partition coefficient (Wildman–Crippen LogP) is 2.67. The van der Waals surface area contributed by atoms with Gasteiger partial charge in [0.15, 0.2) is 5.82 Å². The van der Waals surface area contributed by atoms with Gasteiger partial charge in [-0.1, -0.05) is 30.3 Å². The van der Waals surface area contributed by atoms with Gasteiger partial charge in [0.1, 0.15) is 16.4 Å². The van der Waals surface area contributed by atoms with Gasteiger partial charge in [0.2, 0.25) is 10.0 Å². The van der Waals surface area contributed by atoms with Crippen molar-refractivity contribution in [3.8, 4) is 22.8 Å². The number of benzene rings is 2. The maximum atomic E-state index is 13.2. The summed E-state index contributed by atoms with van der Waals surface area (Å²) in [6.07, 6.45) is 0. The minimum absolute atomic E-state index is 0.106. The zero-order chi connectivity index (χ0) is 21.8. The van der Waals surface area contributed by atoms with Crippen LogP contribution in [-0.4, -0.2) is 63.3 Å². The molecule has 3 aromatic rings. The highest BCUT2D eigenvalue weighted by molar-refractivity contribution is 7.89. The molecule has 0 atom stereocenters. The van der Waals surface area contributed by atoms with E-state index >= 15 is 0 Å². The Morgan fingerprint density at radius 2 is 1.58 bits per heavy atom. The Balaban J connectivity index is 1.47. The molecule has 2 heterocycles. The molecule has 4 rings (SSSR count). The Kier molecular flexibility index (Phi) is 6.06. The highest BCUT2D eigenvalue weighted by atomic mass is 32.2. The number of piperazine rings is 1. The molecule has 1 aliphatic rings. The van der Waals surface area contributed by atoms with Gasteiger partial charge in [-0.25, -0.2) is 8.42 Å². The zero-order valence-corrected chi connectivity index (χ0v) is 18.2. The lowest BCUT2D eigenvalue weighted by atomic mass is 10.1. The monoisotopic (exact) mass is 440 g/mol. The number of hydrogen-bond acceptors (Lipinski definition) is 7. The summed E-state index contributed by atoms with van der Waals surface area (Å²) in [7, 11) is -0.764. The first-order valence-corrected chi connectivity index (χ1v) is 11.3. The molecule has 0 N–H and O–H groups in total. The van der Waals surface area contributed by atoms with Gasteiger partial charge < -0.3 is 14.4 Å². The fourth-order valence-corrected chi connectivity index (χ4v) is 5.13. The van der Waals surface area contributed by atoms with Crippen LogP contribution in [0.5, 0.6) is 11.5 Å². The van der Waals surface area contributed by atoms with Crippen molar-refractivity contribution in [2.75, 3.05) is 45.3 Å². The molecule has 1 fully saturated rings. The molecule has 0 spiro atoms. The van der Waals surface area contributed by atoms with E-state index in [1.165, 1.54) is 24.6 Å². The molecule has 0 amide bonds. The van der Waals surface area contributed by atoms with Gasteiger partial charge in [0.05, 0.1) is 19.9 Å². The van der Waals surface area contributed by atoms with Crippen LogP contribution < -0.4 is 14.4 Å². The Labute approximate surface area is 182 Å². The van der Waals surface area contributed by atoms with Gasteiger partial charge in [-0.3, -0.25) is 0 Å². The number of sulfonamides is 1. The normalized spacial score (nSPS) is 15.0. The van der Waals surface area contributed by atoms with Crippen LogP contribution >= 0.6 is 0 Å². The minimum Gasteiger partial charge on any atom is -0.497 e. The number of aromatic nitrogens is 2. The second-order valence-corrected chi connectivity index (χ2v) is 8.96. The second-order valence-electron chi connectivity index (χ2n) is 7.05. The van der Waals surface area contributed by atoms with Crippen LogP contribution in [0.15, 0.2) is 65.6 Å². The SMILES string of the molecule is COc1ccc(OC)c(S(=O)(=O)N2CCN(c3ccc(-c4ccccc4)nn3)CC2)c1. The average Bonchev–Trinajstić information content (AvgIpc) is 2.84. The lowest BCUT2D eigenvalue weighted by molar-refractivity contribution is 0.370. The number of nitrogens with zero attached hydrogens (tertiary/aromatic N) is 4. The molecule has 1 aliphatic heterocycles. The standard InChI is InChI=1S/C22H24N4O4S/c1-29-18-8-10-20(30-2)21(16-18)31(27,28)26-14-12-25(13-15-26)22-11-9-19(23-24-22)17-6-4-3-5-7-17/h3-11,16H,12-15H2,1-2H3. The molecule has 2 aromatic carbocycles. The number of hydrogen-bond donors (Lipinski definition) is 0. The van der Waals surface area contributed by atoms with Crippen molar-refractivity contribution in [2.24, 2.45) is 0 Å². The van der Waals surface area contributed by atoms with Crippen molar-refractivity contribution in [1.29, 1.82) is 0 Å². The lowest BCUT2D eigenvalue weighted by Gasteiger charge is -2.34. The first kappa shape index (κ1) is 21.1. The third kappa shape index (κ3) is 4.33. The van der Waals surface area contributed by atoms with Gasteiger partial charge in [-0.15, -0.1) is 10.2 Å². The molecule has 0 saturated carbocycles. The Bertz CT molecular complexity index is 1130. The summed E-state index contributed by atoms with van der Waals surface area (Å²) in [6, 6.07) is 18.5. The molecule has 0 bridgehead atoms. The summed E-state index contributed by atoms with van der Waals surface area (Å²) >= 11 is 0. The number of methoxy groups -OCH3 is 2. The van der Waals surface area contributed by atoms with E-state index in [0.717, 1.165) is 17.1 Å². The summed E-state index contributed by atoms with van der Waals surface area (Å²) in [5, 5.41) is 8.67. The highest BCUT2D eigenvalue weighted by Gasteiger charge is 2.31. The number of rotatable bonds is 6. The number of anilines is 1. The van der Waals surface area contributed by atoms with E-state index in [-0.39, 0.29) is 4.90 Å². The van der Waals surface area contributed by atoms with Gasteiger partial charge in [0, 0.05) is 37.8 Å². The Morgan fingerprint density at radius 1 is 0.839 bits per heavy atom. The molecule has 9 heteroatoms. The van der Waals surface area contributed by atoms with Gasteiger partial charge in [0.25, 0.3) is 0 Å². The molecule has 1 saturated heterocycles. The van der Waals surface area contributed by atoms with Crippen molar-refractivity contribution in [2.45, 2.75) is 4.90 Å². The molecular formula is C22H24N4O4S. The summed E-state index contributed by atoms with van der Waals surface area (Å²) in [5.74, 6) is 1.49. The quantitative estimate of drug-likeness (QED) is 0.583. The third-order valence-corrected chi connectivity index (χ3v) is 7.19. The lowest BCUT2D eigenvalue weighted by Crippen LogP contribution is -2.49. The van der Waals surface area contributed by atoms with Crippen molar-refractivity contribution < 1.29 is 17.9 Å². The molecule has 0 aliphatic carbocycles. The first-order valence-electron chi connectivity index (χ1n) is 9.89. The van der Waals surface area contributed by atoms with Crippen LogP contribution in [0.4, 0.5) is 5.82 Å². The van der Waals surface area contributed by atoms with E-state index in [9.17, 15) is 8.42 Å². The first-order chi connectivity index (χ1) is 15.0. The summed E-state index contributed by atoms with van der Waals surface area (Å²) in [4.78, 5) is 2.14. The highest BCUT2D eigenvalue weighted by Crippen LogP contribution is 2.31. The molecular weight excluding hydrogens is 416 g/mol. The summed E-state index contributed by atoms with van der Waals surface area (Å²) < 4.78 is 38.4.